The molecule has 49 heavy (non-hydrogen) atoms. The lowest BCUT2D eigenvalue weighted by Gasteiger charge is -2.40. The number of pyridine rings is 1. The third-order valence-corrected chi connectivity index (χ3v) is 9.35. The van der Waals surface area contributed by atoms with Crippen molar-refractivity contribution in [3.63, 3.8) is 0 Å². The highest BCUT2D eigenvalue weighted by Gasteiger charge is 2.49. The number of aromatic nitrogens is 1. The van der Waals surface area contributed by atoms with Gasteiger partial charge in [0.05, 0.1) is 16.9 Å². The van der Waals surface area contributed by atoms with E-state index in [1.807, 2.05) is 49.3 Å². The summed E-state index contributed by atoms with van der Waals surface area (Å²) in [6.07, 6.45) is -1.38. The summed E-state index contributed by atoms with van der Waals surface area (Å²) in [7, 11) is 5.34. The number of rotatable bonds is 7. The lowest BCUT2D eigenvalue weighted by atomic mass is 9.90. The van der Waals surface area contributed by atoms with E-state index in [1.54, 1.807) is 21.9 Å². The van der Waals surface area contributed by atoms with Crippen molar-refractivity contribution in [2.45, 2.75) is 38.0 Å². The van der Waals surface area contributed by atoms with Gasteiger partial charge in [-0.3, -0.25) is 19.3 Å². The summed E-state index contributed by atoms with van der Waals surface area (Å²) in [6.45, 7) is 3.56. The Kier molecular flexibility index (Phi) is 9.23. The van der Waals surface area contributed by atoms with Gasteiger partial charge in [-0.1, -0.05) is 36.4 Å². The number of hydrogen-bond donors (Lipinski definition) is 0. The van der Waals surface area contributed by atoms with Crippen LogP contribution in [0.25, 0.3) is 0 Å². The van der Waals surface area contributed by atoms with Gasteiger partial charge in [0, 0.05) is 69.8 Å². The molecule has 0 radical (unpaired) electrons. The predicted molar refractivity (Wildman–Crippen MR) is 178 cm³/mol. The maximum absolute atomic E-state index is 15.7. The van der Waals surface area contributed by atoms with Crippen LogP contribution < -0.4 is 14.7 Å². The molecule has 0 aliphatic carbocycles. The zero-order valence-corrected chi connectivity index (χ0v) is 27.7. The number of likely N-dealkylation sites (N-methyl/N-ethyl adjacent to an activating group) is 2. The molecule has 4 heterocycles. The normalized spacial score (nSPS) is 20.1. The lowest BCUT2D eigenvalue weighted by Crippen LogP contribution is -2.52. The topological polar surface area (TPSA) is 80.3 Å². The van der Waals surface area contributed by atoms with Crippen molar-refractivity contribution >= 4 is 34.9 Å². The Bertz CT molecular complexity index is 1810. The summed E-state index contributed by atoms with van der Waals surface area (Å²) in [6, 6.07) is 12.8. The van der Waals surface area contributed by atoms with E-state index in [1.165, 1.54) is 31.0 Å². The Morgan fingerprint density at radius 2 is 1.78 bits per heavy atom. The third kappa shape index (κ3) is 6.89. The number of carbonyl (C=O) groups excluding carboxylic acids is 3. The minimum atomic E-state index is -4.68. The van der Waals surface area contributed by atoms with Gasteiger partial charge < -0.3 is 19.6 Å². The molecular formula is C36H38F4N6O3. The monoisotopic (exact) mass is 678 g/mol. The number of nitrogens with zero attached hydrogens (tertiary/aromatic N) is 6. The molecule has 1 aromatic heterocycles. The van der Waals surface area contributed by atoms with E-state index in [-0.39, 0.29) is 54.2 Å². The number of alkyl halides is 3. The first-order valence-corrected chi connectivity index (χ1v) is 16.1. The standard InChI is InChI=1S/C36H38F4N6O3/c1-22-14-27(36(38,39)40)17-30(41-22)46-32(48)16-25-19-45(34-28(37)10-6-11-29(34)43(4)35(49)33(25)46)18-23-8-5-9-24(15-23)26-20-44(21-26)31(47)12-7-13-42(2)3/h5-12,14-15,17,25-26,33H,13,16,18-21H2,1-4H3/b12-7+/t25-,33+/m1/s1. The zero-order chi connectivity index (χ0) is 35.2. The largest absolute Gasteiger partial charge is 0.416 e. The second-order valence-electron chi connectivity index (χ2n) is 13.3. The van der Waals surface area contributed by atoms with E-state index >= 15 is 4.39 Å². The number of fused-ring (bicyclic) bond motifs is 2. The van der Waals surface area contributed by atoms with Crippen LogP contribution in [0.4, 0.5) is 34.8 Å². The van der Waals surface area contributed by atoms with Crippen molar-refractivity contribution in [2.75, 3.05) is 62.0 Å². The predicted octanol–water partition coefficient (Wildman–Crippen LogP) is 5.00. The number of carbonyl (C=O) groups is 3. The molecule has 9 nitrogen and oxygen atoms in total. The van der Waals surface area contributed by atoms with Gasteiger partial charge in [-0.15, -0.1) is 0 Å². The summed E-state index contributed by atoms with van der Waals surface area (Å²) in [5.41, 5.74) is 1.48. The zero-order valence-electron chi connectivity index (χ0n) is 27.7. The van der Waals surface area contributed by atoms with Crippen molar-refractivity contribution in [1.82, 2.24) is 14.8 Å². The van der Waals surface area contributed by atoms with Crippen LogP contribution in [0, 0.1) is 18.7 Å². The van der Waals surface area contributed by atoms with Crippen LogP contribution in [0.15, 0.2) is 66.7 Å². The van der Waals surface area contributed by atoms with Crippen molar-refractivity contribution in [3.8, 4) is 0 Å². The van der Waals surface area contributed by atoms with Crippen LogP contribution in [0.3, 0.4) is 0 Å². The fourth-order valence-electron chi connectivity index (χ4n) is 6.91. The SMILES string of the molecule is Cc1cc(C(F)(F)F)cc(N2C(=O)C[C@@H]3CN(Cc4cccc(C5CN(C(=O)/C=C/CN(C)C)C5)c4)c4c(F)cccc4N(C)C(=O)[C@H]32)n1. The van der Waals surface area contributed by atoms with E-state index in [2.05, 4.69) is 4.98 Å². The first kappa shape index (κ1) is 34.1. The first-order chi connectivity index (χ1) is 23.2. The lowest BCUT2D eigenvalue weighted by molar-refractivity contribution is -0.137. The summed E-state index contributed by atoms with van der Waals surface area (Å²) in [5.74, 6) is -2.42. The fourth-order valence-corrected chi connectivity index (χ4v) is 6.91. The minimum absolute atomic E-state index is 0.0363. The summed E-state index contributed by atoms with van der Waals surface area (Å²) >= 11 is 0. The quantitative estimate of drug-likeness (QED) is 0.259. The number of para-hydroxylation sites is 1. The van der Waals surface area contributed by atoms with E-state index in [0.717, 1.165) is 28.2 Å². The van der Waals surface area contributed by atoms with Gasteiger partial charge in [0.15, 0.2) is 0 Å². The third-order valence-electron chi connectivity index (χ3n) is 9.35. The molecule has 13 heteroatoms. The number of anilines is 3. The fraction of sp³-hybridized carbons (Fsp3) is 0.389. The number of amides is 3. The molecule has 3 amide bonds. The molecule has 6 rings (SSSR count). The van der Waals surface area contributed by atoms with Crippen LogP contribution in [-0.2, 0) is 27.1 Å². The second-order valence-corrected chi connectivity index (χ2v) is 13.3. The summed E-state index contributed by atoms with van der Waals surface area (Å²) in [4.78, 5) is 52.3. The van der Waals surface area contributed by atoms with E-state index < -0.39 is 41.3 Å². The number of aryl methyl sites for hydroxylation is 1. The highest BCUT2D eigenvalue weighted by atomic mass is 19.4. The van der Waals surface area contributed by atoms with E-state index in [4.69, 9.17) is 0 Å². The maximum atomic E-state index is 15.7. The molecule has 2 aromatic carbocycles. The maximum Gasteiger partial charge on any atom is 0.416 e. The highest BCUT2D eigenvalue weighted by molar-refractivity contribution is 6.10. The number of likely N-dealkylation sites (tertiary alicyclic amines) is 1. The van der Waals surface area contributed by atoms with Crippen molar-refractivity contribution in [2.24, 2.45) is 5.92 Å². The minimum Gasteiger partial charge on any atom is -0.363 e. The van der Waals surface area contributed by atoms with Crippen LogP contribution in [0.1, 0.15) is 34.7 Å². The van der Waals surface area contributed by atoms with Gasteiger partial charge >= 0.3 is 6.18 Å². The van der Waals surface area contributed by atoms with Gasteiger partial charge in [0.25, 0.3) is 0 Å². The second kappa shape index (κ2) is 13.3. The van der Waals surface area contributed by atoms with Gasteiger partial charge in [-0.25, -0.2) is 9.37 Å². The summed E-state index contributed by atoms with van der Waals surface area (Å²) in [5, 5.41) is 0. The smallest absolute Gasteiger partial charge is 0.363 e. The highest BCUT2D eigenvalue weighted by Crippen LogP contribution is 2.42. The van der Waals surface area contributed by atoms with E-state index in [9.17, 15) is 27.6 Å². The number of hydrogen-bond acceptors (Lipinski definition) is 6. The van der Waals surface area contributed by atoms with Crippen LogP contribution in [0.2, 0.25) is 0 Å². The van der Waals surface area contributed by atoms with Crippen molar-refractivity contribution < 1.29 is 31.9 Å². The number of halogens is 4. The Balaban J connectivity index is 1.29. The molecule has 0 unspecified atom stereocenters. The molecule has 0 N–H and O–H groups in total. The molecule has 3 aliphatic rings. The van der Waals surface area contributed by atoms with Gasteiger partial charge in [0.1, 0.15) is 17.7 Å². The van der Waals surface area contributed by atoms with Crippen LogP contribution in [-0.4, -0.2) is 85.9 Å². The molecule has 3 aromatic rings. The molecular weight excluding hydrogens is 640 g/mol. The molecule has 0 bridgehead atoms. The Labute approximate surface area is 282 Å². The van der Waals surface area contributed by atoms with Crippen molar-refractivity contribution in [1.29, 1.82) is 0 Å². The van der Waals surface area contributed by atoms with Gasteiger partial charge in [0.2, 0.25) is 17.7 Å². The van der Waals surface area contributed by atoms with E-state index in [0.29, 0.717) is 19.6 Å². The average molecular weight is 679 g/mol. The van der Waals surface area contributed by atoms with Crippen LogP contribution in [0.5, 0.6) is 0 Å². The Morgan fingerprint density at radius 3 is 2.49 bits per heavy atom. The van der Waals surface area contributed by atoms with Gasteiger partial charge in [-0.05, 0) is 56.4 Å². The van der Waals surface area contributed by atoms with Crippen LogP contribution >= 0.6 is 0 Å². The average Bonchev–Trinajstić information content (AvgIpc) is 3.33. The first-order valence-electron chi connectivity index (χ1n) is 16.1. The molecule has 2 saturated heterocycles. The molecule has 0 saturated carbocycles. The van der Waals surface area contributed by atoms with Crippen molar-refractivity contribution in [3.05, 3.63) is 95.0 Å². The number of benzene rings is 2. The molecule has 0 spiro atoms. The molecule has 258 valence electrons. The molecule has 2 atom stereocenters. The molecule has 2 fully saturated rings. The molecule has 3 aliphatic heterocycles. The Morgan fingerprint density at radius 1 is 1.04 bits per heavy atom. The summed E-state index contributed by atoms with van der Waals surface area (Å²) < 4.78 is 56.9. The van der Waals surface area contributed by atoms with Gasteiger partial charge in [-0.2, -0.15) is 13.2 Å². The Hall–Kier alpha value is -4.78.